The van der Waals surface area contributed by atoms with Crippen molar-refractivity contribution in [1.29, 1.82) is 0 Å². The molecule has 1 aliphatic heterocycles. The zero-order chi connectivity index (χ0) is 13.7. The molecule has 0 unspecified atom stereocenters. The highest BCUT2D eigenvalue weighted by molar-refractivity contribution is 5.78. The first-order valence-corrected chi connectivity index (χ1v) is 6.42. The summed E-state index contributed by atoms with van der Waals surface area (Å²) in [5.41, 5.74) is 1.44. The fourth-order valence-electron chi connectivity index (χ4n) is 2.04. The number of ether oxygens (including phenoxy) is 2. The zero-order valence-corrected chi connectivity index (χ0v) is 11.3. The topological polar surface area (TPSA) is 73.3 Å². The lowest BCUT2D eigenvalue weighted by molar-refractivity contribution is -0.128. The van der Waals surface area contributed by atoms with Crippen LogP contribution in [0.5, 0.6) is 5.88 Å². The van der Waals surface area contributed by atoms with Crippen molar-refractivity contribution in [2.24, 2.45) is 5.92 Å². The number of aryl methyl sites for hydroxylation is 1. The third kappa shape index (κ3) is 3.64. The molecule has 0 atom stereocenters. The van der Waals surface area contributed by atoms with Crippen molar-refractivity contribution >= 4 is 5.91 Å². The van der Waals surface area contributed by atoms with Crippen molar-refractivity contribution in [3.05, 3.63) is 17.6 Å². The number of methoxy groups -OCH3 is 1. The number of carbonyl (C=O) groups is 1. The molecule has 1 aliphatic rings. The Bertz CT molecular complexity index is 445. The van der Waals surface area contributed by atoms with Crippen molar-refractivity contribution in [2.75, 3.05) is 20.3 Å². The van der Waals surface area contributed by atoms with Gasteiger partial charge in [0, 0.05) is 25.3 Å². The first-order chi connectivity index (χ1) is 9.20. The molecule has 0 saturated carbocycles. The Morgan fingerprint density at radius 1 is 1.53 bits per heavy atom. The van der Waals surface area contributed by atoms with Gasteiger partial charge in [0.1, 0.15) is 5.69 Å². The molecular weight excluding hydrogens is 246 g/mol. The van der Waals surface area contributed by atoms with Gasteiger partial charge in [-0.3, -0.25) is 9.78 Å². The van der Waals surface area contributed by atoms with E-state index in [1.807, 2.05) is 6.92 Å². The predicted molar refractivity (Wildman–Crippen MR) is 68.7 cm³/mol. The Morgan fingerprint density at radius 2 is 2.26 bits per heavy atom. The Balaban J connectivity index is 1.92. The van der Waals surface area contributed by atoms with Gasteiger partial charge in [0.2, 0.25) is 11.8 Å². The second kappa shape index (κ2) is 6.47. The lowest BCUT2D eigenvalue weighted by atomic mass is 9.99. The van der Waals surface area contributed by atoms with E-state index >= 15 is 0 Å². The van der Waals surface area contributed by atoms with Gasteiger partial charge in [0.25, 0.3) is 0 Å². The van der Waals surface area contributed by atoms with Crippen molar-refractivity contribution < 1.29 is 14.3 Å². The van der Waals surface area contributed by atoms with Gasteiger partial charge in [-0.1, -0.05) is 0 Å². The summed E-state index contributed by atoms with van der Waals surface area (Å²) in [4.78, 5) is 20.4. The Morgan fingerprint density at radius 3 is 2.95 bits per heavy atom. The molecule has 0 spiro atoms. The standard InChI is InChI=1S/C13H19N3O3/c1-9-7-14-11(13(16-9)18-2)8-15-12(17)10-3-5-19-6-4-10/h7,10H,3-6,8H2,1-2H3,(H,15,17). The molecule has 6 heteroatoms. The third-order valence-corrected chi connectivity index (χ3v) is 3.15. The lowest BCUT2D eigenvalue weighted by Crippen LogP contribution is -2.34. The maximum Gasteiger partial charge on any atom is 0.237 e. The minimum Gasteiger partial charge on any atom is -0.480 e. The minimum atomic E-state index is 0.0400. The highest BCUT2D eigenvalue weighted by Gasteiger charge is 2.21. The van der Waals surface area contributed by atoms with Crippen LogP contribution in [0, 0.1) is 12.8 Å². The smallest absolute Gasteiger partial charge is 0.237 e. The first-order valence-electron chi connectivity index (χ1n) is 6.42. The van der Waals surface area contributed by atoms with Crippen LogP contribution in [-0.2, 0) is 16.1 Å². The quantitative estimate of drug-likeness (QED) is 0.873. The van der Waals surface area contributed by atoms with Crippen LogP contribution in [0.4, 0.5) is 0 Å². The summed E-state index contributed by atoms with van der Waals surface area (Å²) in [7, 11) is 1.55. The normalized spacial score (nSPS) is 16.1. The fourth-order valence-corrected chi connectivity index (χ4v) is 2.04. The highest BCUT2D eigenvalue weighted by atomic mass is 16.5. The molecule has 2 rings (SSSR count). The number of hydrogen-bond acceptors (Lipinski definition) is 5. The van der Waals surface area contributed by atoms with E-state index < -0.39 is 0 Å². The largest absolute Gasteiger partial charge is 0.480 e. The van der Waals surface area contributed by atoms with Gasteiger partial charge in [0.15, 0.2) is 0 Å². The van der Waals surface area contributed by atoms with E-state index in [4.69, 9.17) is 9.47 Å². The van der Waals surface area contributed by atoms with Gasteiger partial charge in [-0.2, -0.15) is 0 Å². The van der Waals surface area contributed by atoms with Crippen LogP contribution in [-0.4, -0.2) is 36.2 Å². The van der Waals surface area contributed by atoms with Crippen molar-refractivity contribution in [1.82, 2.24) is 15.3 Å². The average Bonchev–Trinajstić information content (AvgIpc) is 2.46. The maximum atomic E-state index is 12.0. The summed E-state index contributed by atoms with van der Waals surface area (Å²) in [6.07, 6.45) is 3.23. The molecular formula is C13H19N3O3. The van der Waals surface area contributed by atoms with Gasteiger partial charge in [0.05, 0.1) is 19.3 Å². The van der Waals surface area contributed by atoms with Crippen LogP contribution in [0.2, 0.25) is 0 Å². The fraction of sp³-hybridized carbons (Fsp3) is 0.615. The van der Waals surface area contributed by atoms with Crippen LogP contribution in [0.15, 0.2) is 6.20 Å². The molecule has 1 aromatic rings. The Labute approximate surface area is 112 Å². The molecule has 6 nitrogen and oxygen atoms in total. The predicted octanol–water partition coefficient (Wildman–Crippen LogP) is 0.836. The second-order valence-electron chi connectivity index (χ2n) is 4.57. The molecule has 0 radical (unpaired) electrons. The van der Waals surface area contributed by atoms with E-state index in [0.29, 0.717) is 31.3 Å². The van der Waals surface area contributed by atoms with Crippen LogP contribution in [0.1, 0.15) is 24.2 Å². The van der Waals surface area contributed by atoms with Crippen LogP contribution in [0.25, 0.3) is 0 Å². The molecule has 1 N–H and O–H groups in total. The monoisotopic (exact) mass is 265 g/mol. The SMILES string of the molecule is COc1nc(C)cnc1CNC(=O)C1CCOCC1. The molecule has 104 valence electrons. The van der Waals surface area contributed by atoms with Crippen LogP contribution in [0.3, 0.4) is 0 Å². The zero-order valence-electron chi connectivity index (χ0n) is 11.3. The summed E-state index contributed by atoms with van der Waals surface area (Å²) in [5, 5.41) is 2.89. The van der Waals surface area contributed by atoms with E-state index in [1.54, 1.807) is 13.3 Å². The van der Waals surface area contributed by atoms with Gasteiger partial charge >= 0.3 is 0 Å². The van der Waals surface area contributed by atoms with Gasteiger partial charge in [-0.25, -0.2) is 4.98 Å². The summed E-state index contributed by atoms with van der Waals surface area (Å²) in [6, 6.07) is 0. The van der Waals surface area contributed by atoms with Gasteiger partial charge in [-0.05, 0) is 19.8 Å². The number of rotatable bonds is 4. The van der Waals surface area contributed by atoms with Crippen LogP contribution >= 0.6 is 0 Å². The molecule has 0 bridgehead atoms. The number of aromatic nitrogens is 2. The summed E-state index contributed by atoms with van der Waals surface area (Å²) >= 11 is 0. The van der Waals surface area contributed by atoms with Gasteiger partial charge in [-0.15, -0.1) is 0 Å². The van der Waals surface area contributed by atoms with E-state index in [2.05, 4.69) is 15.3 Å². The summed E-state index contributed by atoms with van der Waals surface area (Å²) in [6.45, 7) is 3.50. The summed E-state index contributed by atoms with van der Waals surface area (Å²) in [5.74, 6) is 0.554. The molecule has 0 aliphatic carbocycles. The maximum absolute atomic E-state index is 12.0. The van der Waals surface area contributed by atoms with Crippen molar-refractivity contribution in [2.45, 2.75) is 26.3 Å². The van der Waals surface area contributed by atoms with Crippen LogP contribution < -0.4 is 10.1 Å². The Kier molecular flexibility index (Phi) is 4.68. The molecule has 1 fully saturated rings. The first kappa shape index (κ1) is 13.7. The highest BCUT2D eigenvalue weighted by Crippen LogP contribution is 2.16. The van der Waals surface area contributed by atoms with Gasteiger partial charge < -0.3 is 14.8 Å². The van der Waals surface area contributed by atoms with Crippen molar-refractivity contribution in [3.8, 4) is 5.88 Å². The number of nitrogens with one attached hydrogen (secondary N) is 1. The van der Waals surface area contributed by atoms with Crippen molar-refractivity contribution in [3.63, 3.8) is 0 Å². The molecule has 1 aromatic heterocycles. The molecule has 1 saturated heterocycles. The third-order valence-electron chi connectivity index (χ3n) is 3.15. The average molecular weight is 265 g/mol. The molecule has 0 aromatic carbocycles. The molecule has 2 heterocycles. The van der Waals surface area contributed by atoms with E-state index in [1.165, 1.54) is 0 Å². The molecule has 1 amide bonds. The van der Waals surface area contributed by atoms with E-state index in [9.17, 15) is 4.79 Å². The van der Waals surface area contributed by atoms with E-state index in [0.717, 1.165) is 18.5 Å². The summed E-state index contributed by atoms with van der Waals surface area (Å²) < 4.78 is 10.4. The minimum absolute atomic E-state index is 0.0400. The number of amides is 1. The Hall–Kier alpha value is -1.69. The number of nitrogens with zero attached hydrogens (tertiary/aromatic N) is 2. The van der Waals surface area contributed by atoms with E-state index in [-0.39, 0.29) is 11.8 Å². The number of hydrogen-bond donors (Lipinski definition) is 1. The molecule has 19 heavy (non-hydrogen) atoms. The lowest BCUT2D eigenvalue weighted by Gasteiger charge is -2.21. The number of carbonyl (C=O) groups excluding carboxylic acids is 1. The second-order valence-corrected chi connectivity index (χ2v) is 4.57.